The summed E-state index contributed by atoms with van der Waals surface area (Å²) in [6.45, 7) is -0.115. The van der Waals surface area contributed by atoms with Crippen molar-refractivity contribution < 1.29 is 9.90 Å². The molecule has 5 nitrogen and oxygen atoms in total. The normalized spacial score (nSPS) is 17.4. The van der Waals surface area contributed by atoms with Crippen LogP contribution in [0.3, 0.4) is 0 Å². The highest BCUT2D eigenvalue weighted by molar-refractivity contribution is 6.00. The summed E-state index contributed by atoms with van der Waals surface area (Å²) in [6.07, 6.45) is 13.3. The lowest BCUT2D eigenvalue weighted by molar-refractivity contribution is -0.118. The Bertz CT molecular complexity index is 636. The molecule has 0 unspecified atom stereocenters. The van der Waals surface area contributed by atoms with Crippen LogP contribution in [0.4, 0.5) is 0 Å². The average molecular weight is 269 g/mol. The Balaban J connectivity index is 1.69. The molecule has 5 heteroatoms. The molecular weight excluding hydrogens is 254 g/mol. The predicted octanol–water partition coefficient (Wildman–Crippen LogP) is 0.792. The summed E-state index contributed by atoms with van der Waals surface area (Å²) in [5.41, 5.74) is 3.53. The fourth-order valence-electron chi connectivity index (χ4n) is 2.37. The number of aromatic amines is 1. The van der Waals surface area contributed by atoms with Crippen LogP contribution < -0.4 is 5.32 Å². The molecule has 1 aromatic heterocycles. The van der Waals surface area contributed by atoms with Gasteiger partial charge in [0.2, 0.25) is 0 Å². The number of rotatable bonds is 5. The molecule has 3 N–H and O–H groups in total. The largest absolute Gasteiger partial charge is 0.394 e. The van der Waals surface area contributed by atoms with Crippen molar-refractivity contribution in [3.05, 3.63) is 65.3 Å². The lowest BCUT2D eigenvalue weighted by Crippen LogP contribution is -2.39. The zero-order valence-corrected chi connectivity index (χ0v) is 10.8. The molecular formula is C15H15N3O2. The number of carbonyl (C=O) groups is 1. The minimum atomic E-state index is -0.331. The van der Waals surface area contributed by atoms with E-state index in [-0.39, 0.29) is 18.6 Å². The quantitative estimate of drug-likeness (QED) is 0.739. The van der Waals surface area contributed by atoms with Crippen LogP contribution in [-0.2, 0) is 11.2 Å². The Kier molecular flexibility index (Phi) is 3.35. The number of allylic oxidation sites excluding steroid dienone is 6. The van der Waals surface area contributed by atoms with Crippen LogP contribution in [0.5, 0.6) is 0 Å². The molecule has 3 rings (SSSR count). The summed E-state index contributed by atoms with van der Waals surface area (Å²) >= 11 is 0. The van der Waals surface area contributed by atoms with Crippen LogP contribution in [0.2, 0.25) is 0 Å². The number of carbonyl (C=O) groups excluding carboxylic acids is 1. The third kappa shape index (κ3) is 2.35. The Morgan fingerprint density at radius 2 is 2.30 bits per heavy atom. The van der Waals surface area contributed by atoms with E-state index in [1.807, 2.05) is 30.4 Å². The summed E-state index contributed by atoms with van der Waals surface area (Å²) in [7, 11) is 0. The van der Waals surface area contributed by atoms with Gasteiger partial charge in [0, 0.05) is 23.9 Å². The summed E-state index contributed by atoms with van der Waals surface area (Å²) in [5, 5.41) is 12.2. The Hall–Kier alpha value is -2.40. The first-order valence-electron chi connectivity index (χ1n) is 6.48. The van der Waals surface area contributed by atoms with Crippen molar-refractivity contribution in [1.29, 1.82) is 0 Å². The van der Waals surface area contributed by atoms with Crippen LogP contribution in [-0.4, -0.2) is 33.6 Å². The molecule has 102 valence electrons. The maximum atomic E-state index is 12.3. The summed E-state index contributed by atoms with van der Waals surface area (Å²) in [6, 6.07) is -0.331. The standard InChI is InChI=1S/C15H15N3O2/c19-8-12(6-11-7-16-9-17-11)18-15(20)14-5-4-10-2-1-3-13(10)14/h1-5,7,9,12,19H,6,8H2,(H,16,17)(H,18,20)/t12-/m0/s1. The monoisotopic (exact) mass is 269 g/mol. The number of amides is 1. The number of aliphatic hydroxyl groups is 1. The highest BCUT2D eigenvalue weighted by atomic mass is 16.3. The van der Waals surface area contributed by atoms with Gasteiger partial charge in [-0.3, -0.25) is 4.79 Å². The molecule has 1 aromatic rings. The molecule has 0 spiro atoms. The fraction of sp³-hybridized carbons (Fsp3) is 0.200. The summed E-state index contributed by atoms with van der Waals surface area (Å²) in [5.74, 6) is -0.162. The van der Waals surface area contributed by atoms with Crippen molar-refractivity contribution >= 4 is 5.91 Å². The molecule has 0 aromatic carbocycles. The maximum Gasteiger partial charge on any atom is 0.252 e. The van der Waals surface area contributed by atoms with E-state index in [2.05, 4.69) is 15.3 Å². The first kappa shape index (κ1) is 12.6. The van der Waals surface area contributed by atoms with E-state index in [0.717, 1.165) is 16.8 Å². The molecule has 1 heterocycles. The van der Waals surface area contributed by atoms with Crippen LogP contribution >= 0.6 is 0 Å². The zero-order chi connectivity index (χ0) is 13.9. The van der Waals surface area contributed by atoms with Gasteiger partial charge >= 0.3 is 0 Å². The van der Waals surface area contributed by atoms with Gasteiger partial charge < -0.3 is 15.4 Å². The van der Waals surface area contributed by atoms with Crippen LogP contribution in [0, 0.1) is 0 Å². The lowest BCUT2D eigenvalue weighted by atomic mass is 10.1. The lowest BCUT2D eigenvalue weighted by Gasteiger charge is -2.15. The van der Waals surface area contributed by atoms with Crippen molar-refractivity contribution in [2.45, 2.75) is 12.5 Å². The van der Waals surface area contributed by atoms with E-state index in [1.54, 1.807) is 12.5 Å². The van der Waals surface area contributed by atoms with Gasteiger partial charge in [-0.1, -0.05) is 24.3 Å². The van der Waals surface area contributed by atoms with E-state index in [1.165, 1.54) is 0 Å². The van der Waals surface area contributed by atoms with E-state index in [4.69, 9.17) is 0 Å². The number of nitrogens with zero attached hydrogens (tertiary/aromatic N) is 1. The molecule has 2 aliphatic rings. The fourth-order valence-corrected chi connectivity index (χ4v) is 2.37. The zero-order valence-electron chi connectivity index (χ0n) is 10.8. The third-order valence-electron chi connectivity index (χ3n) is 3.39. The number of H-pyrrole nitrogens is 1. The topological polar surface area (TPSA) is 78.0 Å². The minimum Gasteiger partial charge on any atom is -0.394 e. The third-order valence-corrected chi connectivity index (χ3v) is 3.39. The first-order chi connectivity index (χ1) is 9.78. The first-order valence-corrected chi connectivity index (χ1v) is 6.48. The number of hydrogen-bond donors (Lipinski definition) is 3. The molecule has 0 saturated carbocycles. The van der Waals surface area contributed by atoms with Gasteiger partial charge in [0.25, 0.3) is 5.91 Å². The molecule has 0 saturated heterocycles. The van der Waals surface area contributed by atoms with Crippen molar-refractivity contribution in [2.24, 2.45) is 0 Å². The molecule has 1 amide bonds. The maximum absolute atomic E-state index is 12.3. The molecule has 0 aliphatic heterocycles. The van der Waals surface area contributed by atoms with E-state index >= 15 is 0 Å². The SMILES string of the molecule is O=C(N[C@H](CO)Cc1cnc[nH]1)C1=C2C=CC=C2C=C1. The highest BCUT2D eigenvalue weighted by Crippen LogP contribution is 2.29. The number of hydrogen-bond acceptors (Lipinski definition) is 3. The highest BCUT2D eigenvalue weighted by Gasteiger charge is 2.22. The number of aliphatic hydroxyl groups excluding tert-OH is 1. The molecule has 0 fully saturated rings. The average Bonchev–Trinajstić information content (AvgIpc) is 3.14. The molecule has 1 atom stereocenters. The molecule has 2 aliphatic carbocycles. The number of fused-ring (bicyclic) bond motifs is 1. The second kappa shape index (κ2) is 5.30. The number of nitrogens with one attached hydrogen (secondary N) is 2. The van der Waals surface area contributed by atoms with E-state index in [9.17, 15) is 9.90 Å². The second-order valence-electron chi connectivity index (χ2n) is 4.78. The van der Waals surface area contributed by atoms with Gasteiger partial charge in [-0.05, 0) is 17.2 Å². The Labute approximate surface area is 116 Å². The second-order valence-corrected chi connectivity index (χ2v) is 4.78. The van der Waals surface area contributed by atoms with Gasteiger partial charge in [-0.2, -0.15) is 0 Å². The van der Waals surface area contributed by atoms with E-state index in [0.29, 0.717) is 12.0 Å². The number of aromatic nitrogens is 2. The van der Waals surface area contributed by atoms with Crippen molar-refractivity contribution in [2.75, 3.05) is 6.61 Å². The number of imidazole rings is 1. The minimum absolute atomic E-state index is 0.115. The van der Waals surface area contributed by atoms with Crippen molar-refractivity contribution in [1.82, 2.24) is 15.3 Å². The van der Waals surface area contributed by atoms with Gasteiger partial charge in [0.05, 0.1) is 19.0 Å². The van der Waals surface area contributed by atoms with Crippen LogP contribution in [0.1, 0.15) is 5.69 Å². The van der Waals surface area contributed by atoms with Gasteiger partial charge in [-0.25, -0.2) is 4.98 Å². The summed E-state index contributed by atoms with van der Waals surface area (Å²) in [4.78, 5) is 19.2. The smallest absolute Gasteiger partial charge is 0.252 e. The Morgan fingerprint density at radius 1 is 1.40 bits per heavy atom. The van der Waals surface area contributed by atoms with E-state index < -0.39 is 0 Å². The molecule has 0 radical (unpaired) electrons. The van der Waals surface area contributed by atoms with Gasteiger partial charge in [0.15, 0.2) is 0 Å². The van der Waals surface area contributed by atoms with Gasteiger partial charge in [0.1, 0.15) is 0 Å². The summed E-state index contributed by atoms with van der Waals surface area (Å²) < 4.78 is 0. The van der Waals surface area contributed by atoms with Gasteiger partial charge in [-0.15, -0.1) is 0 Å². The van der Waals surface area contributed by atoms with Crippen molar-refractivity contribution in [3.8, 4) is 0 Å². The van der Waals surface area contributed by atoms with Crippen molar-refractivity contribution in [3.63, 3.8) is 0 Å². The van der Waals surface area contributed by atoms with Crippen LogP contribution in [0.15, 0.2) is 59.6 Å². The Morgan fingerprint density at radius 3 is 3.05 bits per heavy atom. The predicted molar refractivity (Wildman–Crippen MR) is 74.7 cm³/mol. The molecule has 20 heavy (non-hydrogen) atoms. The molecule has 0 bridgehead atoms. The van der Waals surface area contributed by atoms with Crippen LogP contribution in [0.25, 0.3) is 0 Å².